The summed E-state index contributed by atoms with van der Waals surface area (Å²) in [4.78, 5) is 4.44. The van der Waals surface area contributed by atoms with Crippen LogP contribution in [-0.4, -0.2) is 30.4 Å². The average Bonchev–Trinajstić information content (AvgIpc) is 2.31. The molecule has 0 saturated heterocycles. The van der Waals surface area contributed by atoms with Crippen molar-refractivity contribution in [2.45, 2.75) is 6.54 Å². The van der Waals surface area contributed by atoms with E-state index in [2.05, 4.69) is 72.6 Å². The van der Waals surface area contributed by atoms with Gasteiger partial charge in [-0.2, -0.15) is 0 Å². The Balaban J connectivity index is 1.94. The van der Waals surface area contributed by atoms with Crippen molar-refractivity contribution in [2.75, 3.05) is 20.6 Å². The molecule has 0 saturated carbocycles. The number of rotatable bonds is 3. The van der Waals surface area contributed by atoms with Gasteiger partial charge in [-0.1, -0.05) is 30.3 Å². The first-order chi connectivity index (χ1) is 7.75. The van der Waals surface area contributed by atoms with Gasteiger partial charge in [0.15, 0.2) is 0 Å². The van der Waals surface area contributed by atoms with E-state index in [-0.39, 0.29) is 0 Å². The highest BCUT2D eigenvalue weighted by Crippen LogP contribution is 2.12. The Morgan fingerprint density at radius 1 is 1.19 bits per heavy atom. The van der Waals surface area contributed by atoms with Crippen LogP contribution in [0, 0.1) is 0 Å². The van der Waals surface area contributed by atoms with Gasteiger partial charge >= 0.3 is 0 Å². The highest BCUT2D eigenvalue weighted by molar-refractivity contribution is 5.22. The average molecular weight is 214 g/mol. The maximum atomic E-state index is 2.31. The highest BCUT2D eigenvalue weighted by Gasteiger charge is 2.05. The summed E-state index contributed by atoms with van der Waals surface area (Å²) in [5.41, 5.74) is 2.64. The third-order valence-corrected chi connectivity index (χ3v) is 2.74. The largest absolute Gasteiger partial charge is 0.378 e. The number of hydrogen-bond acceptors (Lipinski definition) is 2. The van der Waals surface area contributed by atoms with E-state index < -0.39 is 0 Å². The second-order valence-electron chi connectivity index (χ2n) is 4.25. The van der Waals surface area contributed by atoms with Gasteiger partial charge in [0.25, 0.3) is 0 Å². The number of hydrogen-bond donors (Lipinski definition) is 0. The quantitative estimate of drug-likeness (QED) is 0.762. The Bertz CT molecular complexity index is 390. The Hall–Kier alpha value is -1.70. The van der Waals surface area contributed by atoms with Crippen LogP contribution in [0.4, 0.5) is 0 Å². The van der Waals surface area contributed by atoms with Crippen LogP contribution in [0.1, 0.15) is 5.56 Å². The van der Waals surface area contributed by atoms with E-state index in [1.54, 1.807) is 0 Å². The first-order valence-corrected chi connectivity index (χ1v) is 5.59. The molecule has 0 bridgehead atoms. The molecule has 16 heavy (non-hydrogen) atoms. The van der Waals surface area contributed by atoms with E-state index in [1.807, 2.05) is 0 Å². The molecule has 0 atom stereocenters. The smallest absolute Gasteiger partial charge is 0.0427 e. The summed E-state index contributed by atoms with van der Waals surface area (Å²) in [6.45, 7) is 1.97. The zero-order chi connectivity index (χ0) is 11.4. The van der Waals surface area contributed by atoms with Gasteiger partial charge < -0.3 is 9.80 Å². The molecule has 0 unspecified atom stereocenters. The lowest BCUT2D eigenvalue weighted by molar-refractivity contribution is 0.392. The lowest BCUT2D eigenvalue weighted by atomic mass is 10.2. The summed E-state index contributed by atoms with van der Waals surface area (Å²) in [7, 11) is 4.14. The summed E-state index contributed by atoms with van der Waals surface area (Å²) in [5.74, 6) is 0. The van der Waals surface area contributed by atoms with Crippen molar-refractivity contribution >= 4 is 0 Å². The monoisotopic (exact) mass is 214 g/mol. The van der Waals surface area contributed by atoms with E-state index in [0.717, 1.165) is 13.1 Å². The molecule has 0 radical (unpaired) electrons. The molecule has 0 spiro atoms. The molecule has 0 amide bonds. The highest BCUT2D eigenvalue weighted by atomic mass is 15.1. The molecule has 0 aliphatic carbocycles. The Kier molecular flexibility index (Phi) is 3.30. The SMILES string of the molecule is CN(C)C1=CCN(Cc2ccccc2)C=C1. The van der Waals surface area contributed by atoms with Crippen molar-refractivity contribution in [1.82, 2.24) is 9.80 Å². The maximum Gasteiger partial charge on any atom is 0.0427 e. The first-order valence-electron chi connectivity index (χ1n) is 5.59. The van der Waals surface area contributed by atoms with Crippen LogP contribution in [0.3, 0.4) is 0 Å². The van der Waals surface area contributed by atoms with E-state index in [4.69, 9.17) is 0 Å². The summed E-state index contributed by atoms with van der Waals surface area (Å²) >= 11 is 0. The van der Waals surface area contributed by atoms with Crippen LogP contribution in [0.15, 0.2) is 54.4 Å². The van der Waals surface area contributed by atoms with E-state index in [9.17, 15) is 0 Å². The molecule has 0 aromatic heterocycles. The number of nitrogens with zero attached hydrogens (tertiary/aromatic N) is 2. The molecule has 1 aromatic rings. The molecule has 2 rings (SSSR count). The third kappa shape index (κ3) is 2.66. The number of likely N-dealkylation sites (N-methyl/N-ethyl adjacent to an activating group) is 1. The molecule has 1 heterocycles. The third-order valence-electron chi connectivity index (χ3n) is 2.74. The summed E-state index contributed by atoms with van der Waals surface area (Å²) < 4.78 is 0. The minimum absolute atomic E-state index is 0.981. The standard InChI is InChI=1S/C14H18N2/c1-15(2)14-8-10-16(11-9-14)12-13-6-4-3-5-7-13/h3-10H,11-12H2,1-2H3. The van der Waals surface area contributed by atoms with Gasteiger partial charge in [0.05, 0.1) is 0 Å². The van der Waals surface area contributed by atoms with Gasteiger partial charge in [-0.15, -0.1) is 0 Å². The molecule has 0 fully saturated rings. The van der Waals surface area contributed by atoms with Gasteiger partial charge in [0.2, 0.25) is 0 Å². The summed E-state index contributed by atoms with van der Waals surface area (Å²) in [6.07, 6.45) is 6.58. The molecule has 1 aliphatic rings. The van der Waals surface area contributed by atoms with Crippen molar-refractivity contribution < 1.29 is 0 Å². The second kappa shape index (κ2) is 4.88. The van der Waals surface area contributed by atoms with Crippen molar-refractivity contribution in [3.05, 3.63) is 59.9 Å². The molecule has 2 heteroatoms. The van der Waals surface area contributed by atoms with Gasteiger partial charge in [-0.05, 0) is 17.7 Å². The van der Waals surface area contributed by atoms with Crippen LogP contribution in [-0.2, 0) is 6.54 Å². The van der Waals surface area contributed by atoms with E-state index >= 15 is 0 Å². The fourth-order valence-electron chi connectivity index (χ4n) is 1.79. The van der Waals surface area contributed by atoms with E-state index in [0.29, 0.717) is 0 Å². The number of benzene rings is 1. The molecule has 1 aliphatic heterocycles. The van der Waals surface area contributed by atoms with Gasteiger partial charge in [0.1, 0.15) is 0 Å². The lowest BCUT2D eigenvalue weighted by Crippen LogP contribution is -2.22. The van der Waals surface area contributed by atoms with Gasteiger partial charge in [-0.3, -0.25) is 0 Å². The summed E-state index contributed by atoms with van der Waals surface area (Å²) in [5, 5.41) is 0. The number of allylic oxidation sites excluding steroid dienone is 1. The van der Waals surface area contributed by atoms with Crippen LogP contribution >= 0.6 is 0 Å². The maximum absolute atomic E-state index is 2.31. The van der Waals surface area contributed by atoms with Crippen molar-refractivity contribution in [3.8, 4) is 0 Å². The van der Waals surface area contributed by atoms with E-state index in [1.165, 1.54) is 11.3 Å². The Morgan fingerprint density at radius 3 is 2.50 bits per heavy atom. The van der Waals surface area contributed by atoms with Crippen LogP contribution in [0.5, 0.6) is 0 Å². The second-order valence-corrected chi connectivity index (χ2v) is 4.25. The Labute approximate surface area is 97.5 Å². The lowest BCUT2D eigenvalue weighted by Gasteiger charge is -2.25. The molecule has 0 N–H and O–H groups in total. The zero-order valence-corrected chi connectivity index (χ0v) is 9.93. The molecular weight excluding hydrogens is 196 g/mol. The Morgan fingerprint density at radius 2 is 1.94 bits per heavy atom. The van der Waals surface area contributed by atoms with Crippen molar-refractivity contribution in [2.24, 2.45) is 0 Å². The fraction of sp³-hybridized carbons (Fsp3) is 0.286. The van der Waals surface area contributed by atoms with Gasteiger partial charge in [-0.25, -0.2) is 0 Å². The van der Waals surface area contributed by atoms with Crippen molar-refractivity contribution in [3.63, 3.8) is 0 Å². The van der Waals surface area contributed by atoms with Gasteiger partial charge in [0, 0.05) is 39.1 Å². The minimum Gasteiger partial charge on any atom is -0.378 e. The summed E-state index contributed by atoms with van der Waals surface area (Å²) in [6, 6.07) is 10.6. The zero-order valence-electron chi connectivity index (χ0n) is 9.93. The predicted octanol–water partition coefficient (Wildman–Crippen LogP) is 2.46. The van der Waals surface area contributed by atoms with Crippen LogP contribution in [0.2, 0.25) is 0 Å². The topological polar surface area (TPSA) is 6.48 Å². The predicted molar refractivity (Wildman–Crippen MR) is 67.8 cm³/mol. The molecule has 84 valence electrons. The normalized spacial score (nSPS) is 14.9. The van der Waals surface area contributed by atoms with Crippen molar-refractivity contribution in [1.29, 1.82) is 0 Å². The first kappa shape index (κ1) is 10.8. The molecular formula is C14H18N2. The van der Waals surface area contributed by atoms with Crippen LogP contribution < -0.4 is 0 Å². The minimum atomic E-state index is 0.981. The molecule has 1 aromatic carbocycles. The molecule has 2 nitrogen and oxygen atoms in total. The fourth-order valence-corrected chi connectivity index (χ4v) is 1.79. The van der Waals surface area contributed by atoms with Crippen LogP contribution in [0.25, 0.3) is 0 Å².